The lowest BCUT2D eigenvalue weighted by molar-refractivity contribution is -0.931. The van der Waals surface area contributed by atoms with E-state index in [1.807, 2.05) is 21.0 Å². The minimum atomic E-state index is -1.07. The van der Waals surface area contributed by atoms with Gasteiger partial charge >= 0.3 is 0 Å². The molecule has 154 valence electrons. The highest BCUT2D eigenvalue weighted by molar-refractivity contribution is 5.76. The molecular formula is C21H42N2O3. The molecule has 0 fully saturated rings. The van der Waals surface area contributed by atoms with Crippen LogP contribution in [-0.4, -0.2) is 48.6 Å². The minimum absolute atomic E-state index is 0.0618. The third kappa shape index (κ3) is 9.56. The minimum Gasteiger partial charge on any atom is -0.544 e. The van der Waals surface area contributed by atoms with Gasteiger partial charge in [-0.25, -0.2) is 0 Å². The Kier molecular flexibility index (Phi) is 11.8. The maximum absolute atomic E-state index is 12.1. The van der Waals surface area contributed by atoms with Crippen molar-refractivity contribution >= 4 is 11.9 Å². The highest BCUT2D eigenvalue weighted by Gasteiger charge is 2.39. The first-order chi connectivity index (χ1) is 12.0. The topological polar surface area (TPSA) is 69.2 Å². The number of unbranched alkanes of at least 4 members (excludes halogenated alkanes) is 8. The number of amides is 1. The van der Waals surface area contributed by atoms with Crippen LogP contribution in [0.25, 0.3) is 0 Å². The van der Waals surface area contributed by atoms with Crippen LogP contribution in [0.15, 0.2) is 0 Å². The van der Waals surface area contributed by atoms with Crippen LogP contribution >= 0.6 is 0 Å². The summed E-state index contributed by atoms with van der Waals surface area (Å²) in [5.74, 6) is -1.01. The number of nitrogens with one attached hydrogen (secondary N) is 1. The fourth-order valence-corrected chi connectivity index (χ4v) is 3.15. The number of carbonyl (C=O) groups is 2. The van der Waals surface area contributed by atoms with Crippen LogP contribution < -0.4 is 10.4 Å². The predicted molar refractivity (Wildman–Crippen MR) is 106 cm³/mol. The van der Waals surface area contributed by atoms with Crippen LogP contribution in [0, 0.1) is 0 Å². The van der Waals surface area contributed by atoms with Crippen LogP contribution in [0.2, 0.25) is 0 Å². The first kappa shape index (κ1) is 24.9. The second-order valence-electron chi connectivity index (χ2n) is 8.76. The van der Waals surface area contributed by atoms with Gasteiger partial charge in [-0.05, 0) is 27.2 Å². The normalized spacial score (nSPS) is 13.5. The lowest BCUT2D eigenvalue weighted by Crippen LogP contribution is -2.67. The maximum Gasteiger partial charge on any atom is 0.220 e. The Balaban J connectivity index is 3.94. The van der Waals surface area contributed by atoms with Gasteiger partial charge in [-0.2, -0.15) is 0 Å². The van der Waals surface area contributed by atoms with Crippen molar-refractivity contribution in [2.75, 3.05) is 20.6 Å². The van der Waals surface area contributed by atoms with Crippen molar-refractivity contribution in [3.05, 3.63) is 0 Å². The van der Waals surface area contributed by atoms with E-state index in [4.69, 9.17) is 0 Å². The number of hydrogen-bond donors (Lipinski definition) is 1. The molecule has 0 aliphatic carbocycles. The molecule has 5 nitrogen and oxygen atoms in total. The zero-order chi connectivity index (χ0) is 20.2. The molecular weight excluding hydrogens is 328 g/mol. The van der Waals surface area contributed by atoms with Crippen LogP contribution in [0.3, 0.4) is 0 Å². The molecule has 5 heteroatoms. The molecule has 1 amide bonds. The Hall–Kier alpha value is -1.10. The van der Waals surface area contributed by atoms with E-state index >= 15 is 0 Å². The molecule has 26 heavy (non-hydrogen) atoms. The molecule has 0 aliphatic heterocycles. The summed E-state index contributed by atoms with van der Waals surface area (Å²) in [6.07, 6.45) is 11.7. The first-order valence-corrected chi connectivity index (χ1v) is 10.4. The Morgan fingerprint density at radius 2 is 1.42 bits per heavy atom. The summed E-state index contributed by atoms with van der Waals surface area (Å²) in [4.78, 5) is 23.4. The van der Waals surface area contributed by atoms with Gasteiger partial charge in [0.15, 0.2) is 0 Å². The molecule has 1 atom stereocenters. The van der Waals surface area contributed by atoms with E-state index in [-0.39, 0.29) is 16.4 Å². The highest BCUT2D eigenvalue weighted by atomic mass is 16.4. The number of hydrogen-bond acceptors (Lipinski definition) is 3. The molecule has 0 bridgehead atoms. The van der Waals surface area contributed by atoms with Gasteiger partial charge in [-0.15, -0.1) is 0 Å². The number of quaternary nitrogens is 1. The number of likely N-dealkylation sites (N-methyl/N-ethyl adjacent to an activating group) is 1. The van der Waals surface area contributed by atoms with Crippen molar-refractivity contribution in [2.45, 2.75) is 103 Å². The summed E-state index contributed by atoms with van der Waals surface area (Å²) in [6, 6.07) is -0.0744. The SMILES string of the molecule is CCCCCCCCCCCC(=O)NC(C)C[N+](C)(C)C(C)(C)C(=O)[O-]. The van der Waals surface area contributed by atoms with Crippen molar-refractivity contribution in [1.82, 2.24) is 5.32 Å². The summed E-state index contributed by atoms with van der Waals surface area (Å²) in [5.41, 5.74) is -1.00. The molecule has 0 aliphatic rings. The maximum atomic E-state index is 12.1. The average molecular weight is 371 g/mol. The van der Waals surface area contributed by atoms with E-state index in [2.05, 4.69) is 12.2 Å². The summed E-state index contributed by atoms with van der Waals surface area (Å²) in [7, 11) is 3.72. The number of carboxylic acid groups (broad SMARTS) is 1. The molecule has 0 spiro atoms. The Labute approximate surface area is 161 Å². The van der Waals surface area contributed by atoms with Crippen LogP contribution in [0.5, 0.6) is 0 Å². The molecule has 0 radical (unpaired) electrons. The number of aliphatic carboxylic acids is 1. The summed E-state index contributed by atoms with van der Waals surface area (Å²) in [5, 5.41) is 14.4. The molecule has 0 saturated carbocycles. The van der Waals surface area contributed by atoms with Crippen molar-refractivity contribution in [2.24, 2.45) is 0 Å². The van der Waals surface area contributed by atoms with Gasteiger partial charge < -0.3 is 19.7 Å². The standard InChI is InChI=1S/C21H42N2O3/c1-7-8-9-10-11-12-13-14-15-16-19(24)22-18(2)17-23(5,6)21(3,4)20(25)26/h18H,7-17H2,1-6H3,(H-,22,24,25,26). The van der Waals surface area contributed by atoms with Gasteiger partial charge in [0.05, 0.1) is 26.7 Å². The van der Waals surface area contributed by atoms with Crippen molar-refractivity contribution in [3.63, 3.8) is 0 Å². The molecule has 0 saturated heterocycles. The predicted octanol–water partition coefficient (Wildman–Crippen LogP) is 3.02. The zero-order valence-electron chi connectivity index (χ0n) is 18.0. The van der Waals surface area contributed by atoms with Gasteiger partial charge in [-0.1, -0.05) is 58.3 Å². The van der Waals surface area contributed by atoms with E-state index in [9.17, 15) is 14.7 Å². The summed E-state index contributed by atoms with van der Waals surface area (Å²) >= 11 is 0. The van der Waals surface area contributed by atoms with Gasteiger partial charge in [0.2, 0.25) is 5.91 Å². The van der Waals surface area contributed by atoms with Gasteiger partial charge in [0, 0.05) is 6.42 Å². The second-order valence-corrected chi connectivity index (χ2v) is 8.76. The van der Waals surface area contributed by atoms with E-state index in [0.717, 1.165) is 12.8 Å². The number of nitrogens with zero attached hydrogens (tertiary/aromatic N) is 1. The zero-order valence-corrected chi connectivity index (χ0v) is 18.0. The van der Waals surface area contributed by atoms with E-state index in [1.54, 1.807) is 13.8 Å². The van der Waals surface area contributed by atoms with Crippen molar-refractivity contribution < 1.29 is 19.2 Å². The highest BCUT2D eigenvalue weighted by Crippen LogP contribution is 2.20. The quantitative estimate of drug-likeness (QED) is 0.356. The fraction of sp³-hybridized carbons (Fsp3) is 0.905. The van der Waals surface area contributed by atoms with Crippen LogP contribution in [0.4, 0.5) is 0 Å². The Morgan fingerprint density at radius 1 is 0.962 bits per heavy atom. The molecule has 1 unspecified atom stereocenters. The van der Waals surface area contributed by atoms with Crippen molar-refractivity contribution in [3.8, 4) is 0 Å². The first-order valence-electron chi connectivity index (χ1n) is 10.4. The molecule has 0 aromatic heterocycles. The van der Waals surface area contributed by atoms with Gasteiger partial charge in [-0.3, -0.25) is 4.79 Å². The van der Waals surface area contributed by atoms with Crippen LogP contribution in [-0.2, 0) is 9.59 Å². The van der Waals surface area contributed by atoms with E-state index < -0.39 is 11.5 Å². The smallest absolute Gasteiger partial charge is 0.220 e. The average Bonchev–Trinajstić information content (AvgIpc) is 2.52. The molecule has 1 N–H and O–H groups in total. The van der Waals surface area contributed by atoms with Crippen LogP contribution in [0.1, 0.15) is 91.9 Å². The molecule has 0 aromatic carbocycles. The van der Waals surface area contributed by atoms with Gasteiger partial charge in [0.25, 0.3) is 0 Å². The number of carboxylic acids is 1. The molecule has 0 heterocycles. The van der Waals surface area contributed by atoms with Crippen molar-refractivity contribution in [1.29, 1.82) is 0 Å². The van der Waals surface area contributed by atoms with E-state index in [1.165, 1.54) is 44.9 Å². The Morgan fingerprint density at radius 3 is 1.88 bits per heavy atom. The second kappa shape index (κ2) is 12.3. The molecule has 0 aromatic rings. The Bertz CT molecular complexity index is 419. The number of rotatable bonds is 15. The third-order valence-electron chi connectivity index (χ3n) is 5.66. The lowest BCUT2D eigenvalue weighted by atomic mass is 10.00. The summed E-state index contributed by atoms with van der Waals surface area (Å²) < 4.78 is 0.259. The largest absolute Gasteiger partial charge is 0.544 e. The fourth-order valence-electron chi connectivity index (χ4n) is 3.15. The third-order valence-corrected chi connectivity index (χ3v) is 5.66. The van der Waals surface area contributed by atoms with Gasteiger partial charge in [0.1, 0.15) is 11.5 Å². The monoisotopic (exact) mass is 370 g/mol. The lowest BCUT2D eigenvalue weighted by Gasteiger charge is -2.46. The summed E-state index contributed by atoms with van der Waals surface area (Å²) in [6.45, 7) is 8.04. The number of carbonyl (C=O) groups excluding carboxylic acids is 2. The molecule has 0 rings (SSSR count). The van der Waals surface area contributed by atoms with E-state index in [0.29, 0.717) is 13.0 Å².